The van der Waals surface area contributed by atoms with Crippen molar-refractivity contribution in [2.45, 2.75) is 31.5 Å². The van der Waals surface area contributed by atoms with Crippen molar-refractivity contribution < 1.29 is 37.0 Å². The summed E-state index contributed by atoms with van der Waals surface area (Å²) in [7, 11) is 0. The molecule has 1 saturated heterocycles. The number of nitrogens with zero attached hydrogens (tertiary/aromatic N) is 1. The summed E-state index contributed by atoms with van der Waals surface area (Å²) in [6, 6.07) is -1.41. The highest BCUT2D eigenvalue weighted by Gasteiger charge is 2.53. The molecule has 114 valence electrons. The average molecular weight is 298 g/mol. The lowest BCUT2D eigenvalue weighted by Gasteiger charge is -2.29. The van der Waals surface area contributed by atoms with Crippen LogP contribution in [0.15, 0.2) is 0 Å². The van der Waals surface area contributed by atoms with Crippen molar-refractivity contribution in [3.05, 3.63) is 0 Å². The van der Waals surface area contributed by atoms with Gasteiger partial charge in [0.15, 0.2) is 0 Å². The second kappa shape index (κ2) is 5.75. The fourth-order valence-electron chi connectivity index (χ4n) is 2.02. The second-order valence-corrected chi connectivity index (χ2v) is 4.54. The zero-order valence-electron chi connectivity index (χ0n) is 10.5. The van der Waals surface area contributed by atoms with Crippen molar-refractivity contribution in [1.29, 1.82) is 0 Å². The number of carbonyl (C=O) groups is 3. The standard InChI is InChI=1S/C10H14F3N3O4/c11-10(12,13)9(19)20-16(3-1-2-4-16)8(18)6(14)5-7(15)17/h6H,1-5,14H2,(H-,15,17)/p+1/t6-/m0/s1. The van der Waals surface area contributed by atoms with Gasteiger partial charge in [0.2, 0.25) is 5.91 Å². The maximum atomic E-state index is 12.2. The van der Waals surface area contributed by atoms with Crippen LogP contribution in [0.25, 0.3) is 0 Å². The Bertz CT molecular complexity index is 418. The fourth-order valence-corrected chi connectivity index (χ4v) is 2.02. The molecule has 20 heavy (non-hydrogen) atoms. The molecular formula is C10H15F3N3O4+. The van der Waals surface area contributed by atoms with Crippen molar-refractivity contribution in [3.63, 3.8) is 0 Å². The van der Waals surface area contributed by atoms with Gasteiger partial charge >= 0.3 is 18.1 Å². The number of likely N-dealkylation sites (tertiary alicyclic amines) is 1. The summed E-state index contributed by atoms with van der Waals surface area (Å²) in [6.07, 6.45) is -4.93. The van der Waals surface area contributed by atoms with Gasteiger partial charge in [-0.1, -0.05) is 4.65 Å². The summed E-state index contributed by atoms with van der Waals surface area (Å²) in [6.45, 7) is -0.208. The summed E-state index contributed by atoms with van der Waals surface area (Å²) in [5.41, 5.74) is 10.3. The molecule has 1 atom stereocenters. The van der Waals surface area contributed by atoms with Gasteiger partial charge in [0.1, 0.15) is 19.1 Å². The van der Waals surface area contributed by atoms with E-state index in [1.807, 2.05) is 0 Å². The largest absolute Gasteiger partial charge is 0.497 e. The van der Waals surface area contributed by atoms with Gasteiger partial charge in [0, 0.05) is 12.8 Å². The Hall–Kier alpha value is -1.68. The van der Waals surface area contributed by atoms with Crippen molar-refractivity contribution >= 4 is 17.8 Å². The highest BCUT2D eigenvalue weighted by Crippen LogP contribution is 2.26. The Labute approximate surface area is 112 Å². The number of rotatable bonds is 3. The molecule has 0 aromatic rings. The first-order valence-electron chi connectivity index (χ1n) is 5.84. The minimum atomic E-state index is -5.21. The molecule has 0 radical (unpaired) electrons. The zero-order chi connectivity index (χ0) is 15.6. The molecule has 1 rings (SSSR count). The number of halogens is 3. The van der Waals surface area contributed by atoms with Crippen molar-refractivity contribution in [2.24, 2.45) is 11.5 Å². The molecule has 1 heterocycles. The van der Waals surface area contributed by atoms with Gasteiger partial charge in [0.05, 0.1) is 6.42 Å². The molecule has 0 aromatic carbocycles. The molecule has 0 saturated carbocycles. The van der Waals surface area contributed by atoms with E-state index in [4.69, 9.17) is 11.5 Å². The van der Waals surface area contributed by atoms with Gasteiger partial charge in [-0.15, -0.1) is 0 Å². The average Bonchev–Trinajstić information content (AvgIpc) is 2.75. The zero-order valence-corrected chi connectivity index (χ0v) is 10.5. The van der Waals surface area contributed by atoms with E-state index in [9.17, 15) is 27.6 Å². The third-order valence-corrected chi connectivity index (χ3v) is 2.92. The smallest absolute Gasteiger partial charge is 0.370 e. The molecule has 0 aromatic heterocycles. The number of primary amides is 1. The van der Waals surface area contributed by atoms with E-state index < -0.39 is 41.1 Å². The first kappa shape index (κ1) is 16.4. The lowest BCUT2D eigenvalue weighted by atomic mass is 10.2. The van der Waals surface area contributed by atoms with E-state index in [1.54, 1.807) is 0 Å². The minimum Gasteiger partial charge on any atom is -0.370 e. The Kier molecular flexibility index (Phi) is 4.71. The second-order valence-electron chi connectivity index (χ2n) is 4.54. The van der Waals surface area contributed by atoms with Crippen LogP contribution in [-0.2, 0) is 19.2 Å². The van der Waals surface area contributed by atoms with Crippen LogP contribution in [0.1, 0.15) is 19.3 Å². The van der Waals surface area contributed by atoms with Gasteiger partial charge < -0.3 is 11.5 Å². The number of amides is 2. The molecule has 7 nitrogen and oxygen atoms in total. The number of hydroxylamine groups is 3. The summed E-state index contributed by atoms with van der Waals surface area (Å²) < 4.78 is 35.6. The SMILES string of the molecule is NC(=O)C[C@H](N)C(=O)[N+]1(OC(=O)C(F)(F)F)CCCC1. The summed E-state index contributed by atoms with van der Waals surface area (Å²) in [5.74, 6) is -4.29. The van der Waals surface area contributed by atoms with Gasteiger partial charge in [-0.05, 0) is 0 Å². The molecule has 0 bridgehead atoms. The van der Waals surface area contributed by atoms with E-state index in [-0.39, 0.29) is 13.1 Å². The topological polar surface area (TPSA) is 112 Å². The molecule has 10 heteroatoms. The maximum absolute atomic E-state index is 12.2. The number of nitrogens with two attached hydrogens (primary N) is 2. The normalized spacial score (nSPS) is 19.4. The molecule has 1 aliphatic heterocycles. The van der Waals surface area contributed by atoms with Crippen LogP contribution in [0.4, 0.5) is 13.2 Å². The number of quaternary nitrogens is 1. The molecule has 0 aliphatic carbocycles. The van der Waals surface area contributed by atoms with Crippen LogP contribution in [0, 0.1) is 0 Å². The Balaban J connectivity index is 2.89. The predicted octanol–water partition coefficient (Wildman–Crippen LogP) is -0.653. The fraction of sp³-hybridized carbons (Fsp3) is 0.700. The third-order valence-electron chi connectivity index (χ3n) is 2.92. The Morgan fingerprint density at radius 2 is 1.70 bits per heavy atom. The van der Waals surface area contributed by atoms with Crippen LogP contribution in [-0.4, -0.2) is 47.7 Å². The van der Waals surface area contributed by atoms with Crippen molar-refractivity contribution in [1.82, 2.24) is 0 Å². The highest BCUT2D eigenvalue weighted by molar-refractivity contribution is 5.84. The summed E-state index contributed by atoms with van der Waals surface area (Å²) in [5, 5.41) is 0. The lowest BCUT2D eigenvalue weighted by molar-refractivity contribution is -1.02. The molecule has 2 amide bonds. The highest BCUT2D eigenvalue weighted by atomic mass is 19.4. The third kappa shape index (κ3) is 3.67. The Morgan fingerprint density at radius 3 is 2.10 bits per heavy atom. The quantitative estimate of drug-likeness (QED) is 0.672. The van der Waals surface area contributed by atoms with E-state index in [2.05, 4.69) is 4.84 Å². The van der Waals surface area contributed by atoms with Gasteiger partial charge in [-0.3, -0.25) is 9.63 Å². The molecular weight excluding hydrogens is 283 g/mol. The number of hydrogen-bond donors (Lipinski definition) is 2. The molecule has 1 fully saturated rings. The van der Waals surface area contributed by atoms with E-state index >= 15 is 0 Å². The number of hydrogen-bond acceptors (Lipinski definition) is 5. The van der Waals surface area contributed by atoms with Gasteiger partial charge in [0.25, 0.3) is 0 Å². The molecule has 1 aliphatic rings. The first-order valence-corrected chi connectivity index (χ1v) is 5.84. The van der Waals surface area contributed by atoms with E-state index in [0.29, 0.717) is 12.8 Å². The minimum absolute atomic E-state index is 0.104. The molecule has 0 unspecified atom stereocenters. The molecule has 0 spiro atoms. The first-order chi connectivity index (χ1) is 9.08. The van der Waals surface area contributed by atoms with Crippen molar-refractivity contribution in [3.8, 4) is 0 Å². The Morgan fingerprint density at radius 1 is 1.20 bits per heavy atom. The maximum Gasteiger partial charge on any atom is 0.497 e. The van der Waals surface area contributed by atoms with Crippen LogP contribution in [0.3, 0.4) is 0 Å². The van der Waals surface area contributed by atoms with Crippen LogP contribution < -0.4 is 11.5 Å². The monoisotopic (exact) mass is 298 g/mol. The van der Waals surface area contributed by atoms with E-state index in [0.717, 1.165) is 0 Å². The van der Waals surface area contributed by atoms with Crippen LogP contribution in [0.2, 0.25) is 0 Å². The van der Waals surface area contributed by atoms with Gasteiger partial charge in [-0.25, -0.2) is 9.59 Å². The molecule has 4 N–H and O–H groups in total. The summed E-state index contributed by atoms with van der Waals surface area (Å²) >= 11 is 0. The van der Waals surface area contributed by atoms with Crippen LogP contribution in [0.5, 0.6) is 0 Å². The van der Waals surface area contributed by atoms with Crippen molar-refractivity contribution in [2.75, 3.05) is 13.1 Å². The predicted molar refractivity (Wildman–Crippen MR) is 58.2 cm³/mol. The van der Waals surface area contributed by atoms with E-state index in [1.165, 1.54) is 0 Å². The van der Waals surface area contributed by atoms with Crippen LogP contribution >= 0.6 is 0 Å². The van der Waals surface area contributed by atoms with Gasteiger partial charge in [-0.2, -0.15) is 13.2 Å². The number of carbonyl (C=O) groups excluding carboxylic acids is 3. The number of alkyl halides is 3. The summed E-state index contributed by atoms with van der Waals surface area (Å²) in [4.78, 5) is 38.0. The lowest BCUT2D eigenvalue weighted by Crippen LogP contribution is -2.59.